The molecule has 1 aliphatic heterocycles. The summed E-state index contributed by atoms with van der Waals surface area (Å²) in [4.78, 5) is 4.25. The molecule has 0 fully saturated rings. The largest absolute Gasteiger partial charge is 0.494 e. The molecule has 0 aliphatic carbocycles. The molecule has 0 radical (unpaired) electrons. The van der Waals surface area contributed by atoms with Crippen LogP contribution in [0.3, 0.4) is 0 Å². The highest BCUT2D eigenvalue weighted by molar-refractivity contribution is 6.09. The molecule has 3 rings (SSSR count). The SMILES string of the molecule is Cn1c(O)c(C2=NCCO2)c2ccccc21. The maximum absolute atomic E-state index is 10.1. The van der Waals surface area contributed by atoms with Crippen molar-refractivity contribution in [2.75, 3.05) is 13.2 Å². The molecule has 1 N–H and O–H groups in total. The maximum Gasteiger partial charge on any atom is 0.222 e. The van der Waals surface area contributed by atoms with Gasteiger partial charge < -0.3 is 14.4 Å². The van der Waals surface area contributed by atoms with E-state index in [-0.39, 0.29) is 5.88 Å². The van der Waals surface area contributed by atoms with Crippen molar-refractivity contribution in [2.24, 2.45) is 12.0 Å². The lowest BCUT2D eigenvalue weighted by molar-refractivity contribution is 0.346. The third-order valence-corrected chi connectivity index (χ3v) is 2.88. The second kappa shape index (κ2) is 3.27. The van der Waals surface area contributed by atoms with Crippen molar-refractivity contribution in [3.05, 3.63) is 29.8 Å². The number of aliphatic imine (C=N–C) groups is 1. The summed E-state index contributed by atoms with van der Waals surface area (Å²) in [6.45, 7) is 1.26. The van der Waals surface area contributed by atoms with Crippen LogP contribution < -0.4 is 0 Å². The van der Waals surface area contributed by atoms with Crippen LogP contribution in [-0.4, -0.2) is 28.7 Å². The van der Waals surface area contributed by atoms with Crippen LogP contribution in [0.4, 0.5) is 0 Å². The van der Waals surface area contributed by atoms with Crippen LogP contribution in [0.25, 0.3) is 10.9 Å². The summed E-state index contributed by atoms with van der Waals surface area (Å²) in [5.41, 5.74) is 1.68. The van der Waals surface area contributed by atoms with Gasteiger partial charge >= 0.3 is 0 Å². The number of rotatable bonds is 1. The van der Waals surface area contributed by atoms with Gasteiger partial charge in [-0.25, -0.2) is 4.99 Å². The van der Waals surface area contributed by atoms with E-state index in [0.717, 1.165) is 10.9 Å². The van der Waals surface area contributed by atoms with Gasteiger partial charge in [0.15, 0.2) is 0 Å². The third-order valence-electron chi connectivity index (χ3n) is 2.88. The van der Waals surface area contributed by atoms with Crippen molar-refractivity contribution in [2.45, 2.75) is 0 Å². The number of aromatic nitrogens is 1. The van der Waals surface area contributed by atoms with Crippen molar-refractivity contribution < 1.29 is 9.84 Å². The molecule has 0 saturated carbocycles. The molecule has 1 aromatic carbocycles. The van der Waals surface area contributed by atoms with Crippen LogP contribution in [-0.2, 0) is 11.8 Å². The van der Waals surface area contributed by atoms with Crippen molar-refractivity contribution in [3.8, 4) is 5.88 Å². The Labute approximate surface area is 92.8 Å². The average molecular weight is 216 g/mol. The van der Waals surface area contributed by atoms with Crippen molar-refractivity contribution in [1.82, 2.24) is 4.57 Å². The van der Waals surface area contributed by atoms with Gasteiger partial charge in [0.2, 0.25) is 11.8 Å². The van der Waals surface area contributed by atoms with E-state index in [4.69, 9.17) is 4.74 Å². The number of benzene rings is 1. The fourth-order valence-corrected chi connectivity index (χ4v) is 2.08. The van der Waals surface area contributed by atoms with E-state index in [9.17, 15) is 5.11 Å². The van der Waals surface area contributed by atoms with Gasteiger partial charge in [-0.2, -0.15) is 0 Å². The molecular formula is C12H12N2O2. The molecule has 2 heterocycles. The minimum atomic E-state index is 0.210. The van der Waals surface area contributed by atoms with E-state index < -0.39 is 0 Å². The molecule has 0 spiro atoms. The second-order valence-electron chi connectivity index (χ2n) is 3.81. The highest BCUT2D eigenvalue weighted by Crippen LogP contribution is 2.31. The lowest BCUT2D eigenvalue weighted by Gasteiger charge is -2.00. The fraction of sp³-hybridized carbons (Fsp3) is 0.250. The molecule has 0 atom stereocenters. The zero-order valence-corrected chi connectivity index (χ0v) is 8.97. The maximum atomic E-state index is 10.1. The number of para-hydroxylation sites is 1. The van der Waals surface area contributed by atoms with E-state index >= 15 is 0 Å². The van der Waals surface area contributed by atoms with E-state index in [2.05, 4.69) is 4.99 Å². The number of hydrogen-bond acceptors (Lipinski definition) is 3. The zero-order chi connectivity index (χ0) is 11.1. The number of aromatic hydroxyl groups is 1. The standard InChI is InChI=1S/C12H12N2O2/c1-14-9-5-3-2-4-8(9)10(12(14)15)11-13-6-7-16-11/h2-5,15H,6-7H2,1H3. The predicted molar refractivity (Wildman–Crippen MR) is 61.9 cm³/mol. The van der Waals surface area contributed by atoms with Gasteiger partial charge in [0, 0.05) is 12.4 Å². The minimum absolute atomic E-state index is 0.210. The van der Waals surface area contributed by atoms with Crippen molar-refractivity contribution >= 4 is 16.8 Å². The summed E-state index contributed by atoms with van der Waals surface area (Å²) >= 11 is 0. The van der Waals surface area contributed by atoms with Crippen LogP contribution in [0, 0.1) is 0 Å². The highest BCUT2D eigenvalue weighted by atomic mass is 16.5. The Morgan fingerprint density at radius 3 is 2.94 bits per heavy atom. The van der Waals surface area contributed by atoms with Gasteiger partial charge in [0.1, 0.15) is 12.2 Å². The van der Waals surface area contributed by atoms with Gasteiger partial charge in [0.05, 0.1) is 12.1 Å². The van der Waals surface area contributed by atoms with Crippen LogP contribution in [0.5, 0.6) is 5.88 Å². The van der Waals surface area contributed by atoms with Gasteiger partial charge in [-0.15, -0.1) is 0 Å². The predicted octanol–water partition coefficient (Wildman–Crippen LogP) is 1.66. The van der Waals surface area contributed by atoms with Gasteiger partial charge in [0.25, 0.3) is 0 Å². The van der Waals surface area contributed by atoms with Gasteiger partial charge in [-0.3, -0.25) is 0 Å². The Bertz CT molecular complexity index is 584. The average Bonchev–Trinajstić information content (AvgIpc) is 2.89. The third kappa shape index (κ3) is 1.13. The molecule has 4 nitrogen and oxygen atoms in total. The molecule has 16 heavy (non-hydrogen) atoms. The number of aryl methyl sites for hydroxylation is 1. The smallest absolute Gasteiger partial charge is 0.222 e. The molecular weight excluding hydrogens is 204 g/mol. The highest BCUT2D eigenvalue weighted by Gasteiger charge is 2.22. The summed E-state index contributed by atoms with van der Waals surface area (Å²) in [6.07, 6.45) is 0. The van der Waals surface area contributed by atoms with Crippen molar-refractivity contribution in [3.63, 3.8) is 0 Å². The molecule has 1 aromatic heterocycles. The summed E-state index contributed by atoms with van der Waals surface area (Å²) in [5.74, 6) is 0.760. The van der Waals surface area contributed by atoms with Gasteiger partial charge in [-0.1, -0.05) is 18.2 Å². The Morgan fingerprint density at radius 2 is 2.19 bits per heavy atom. The van der Waals surface area contributed by atoms with Crippen LogP contribution in [0.2, 0.25) is 0 Å². The Balaban J connectivity index is 2.34. The molecule has 0 amide bonds. The molecule has 82 valence electrons. The molecule has 1 aliphatic rings. The van der Waals surface area contributed by atoms with Gasteiger partial charge in [-0.05, 0) is 6.07 Å². The lowest BCUT2D eigenvalue weighted by Crippen LogP contribution is -2.00. The van der Waals surface area contributed by atoms with E-state index in [0.29, 0.717) is 24.6 Å². The summed E-state index contributed by atoms with van der Waals surface area (Å²) in [7, 11) is 1.83. The molecule has 4 heteroatoms. The first-order valence-electron chi connectivity index (χ1n) is 5.23. The monoisotopic (exact) mass is 216 g/mol. The Kier molecular flexibility index (Phi) is 1.89. The number of fused-ring (bicyclic) bond motifs is 1. The summed E-state index contributed by atoms with van der Waals surface area (Å²) in [5, 5.41) is 11.1. The van der Waals surface area contributed by atoms with Crippen LogP contribution in [0.15, 0.2) is 29.3 Å². The second-order valence-corrected chi connectivity index (χ2v) is 3.81. The zero-order valence-electron chi connectivity index (χ0n) is 8.97. The fourth-order valence-electron chi connectivity index (χ4n) is 2.08. The normalized spacial score (nSPS) is 15.2. The molecule has 0 bridgehead atoms. The van der Waals surface area contributed by atoms with E-state index in [1.165, 1.54) is 0 Å². The van der Waals surface area contributed by atoms with Crippen LogP contribution in [0.1, 0.15) is 5.56 Å². The first-order valence-corrected chi connectivity index (χ1v) is 5.23. The Morgan fingerprint density at radius 1 is 1.38 bits per heavy atom. The number of ether oxygens (including phenoxy) is 1. The molecule has 0 saturated heterocycles. The van der Waals surface area contributed by atoms with E-state index in [1.54, 1.807) is 4.57 Å². The number of nitrogens with zero attached hydrogens (tertiary/aromatic N) is 2. The first-order chi connectivity index (χ1) is 7.79. The Hall–Kier alpha value is -1.97. The molecule has 2 aromatic rings. The van der Waals surface area contributed by atoms with E-state index in [1.807, 2.05) is 31.3 Å². The minimum Gasteiger partial charge on any atom is -0.494 e. The summed E-state index contributed by atoms with van der Waals surface area (Å²) < 4.78 is 7.16. The summed E-state index contributed by atoms with van der Waals surface area (Å²) in [6, 6.07) is 7.83. The van der Waals surface area contributed by atoms with Crippen LogP contribution >= 0.6 is 0 Å². The topological polar surface area (TPSA) is 46.8 Å². The van der Waals surface area contributed by atoms with Crippen molar-refractivity contribution in [1.29, 1.82) is 0 Å². The first kappa shape index (κ1) is 9.27. The molecule has 0 unspecified atom stereocenters. The lowest BCUT2D eigenvalue weighted by atomic mass is 10.1. The number of hydrogen-bond donors (Lipinski definition) is 1. The quantitative estimate of drug-likeness (QED) is 0.788.